The van der Waals surface area contributed by atoms with Crippen molar-refractivity contribution in [3.63, 3.8) is 0 Å². The summed E-state index contributed by atoms with van der Waals surface area (Å²) >= 11 is 1.43. The molecule has 6 nitrogen and oxygen atoms in total. The fourth-order valence-corrected chi connectivity index (χ4v) is 4.00. The number of ether oxygens (including phenoxy) is 2. The molecule has 0 aliphatic carbocycles. The van der Waals surface area contributed by atoms with E-state index in [4.69, 9.17) is 9.47 Å². The number of pyridine rings is 1. The zero-order chi connectivity index (χ0) is 21.0. The molecule has 0 saturated heterocycles. The van der Waals surface area contributed by atoms with Crippen molar-refractivity contribution in [3.05, 3.63) is 63.4 Å². The molecule has 0 spiro atoms. The second kappa shape index (κ2) is 9.05. The molecule has 0 unspecified atom stereocenters. The Morgan fingerprint density at radius 2 is 1.90 bits per heavy atom. The van der Waals surface area contributed by atoms with E-state index in [0.717, 1.165) is 22.3 Å². The van der Waals surface area contributed by atoms with Crippen LogP contribution in [0.1, 0.15) is 16.8 Å². The van der Waals surface area contributed by atoms with Gasteiger partial charge in [-0.2, -0.15) is 0 Å². The summed E-state index contributed by atoms with van der Waals surface area (Å²) in [5.74, 6) is 1.81. The smallest absolute Gasteiger partial charge is 0.234 e. The lowest BCUT2D eigenvalue weighted by Crippen LogP contribution is -2.15. The van der Waals surface area contributed by atoms with Crippen LogP contribution in [0, 0.1) is 13.8 Å². The molecule has 29 heavy (non-hydrogen) atoms. The summed E-state index contributed by atoms with van der Waals surface area (Å²) < 4.78 is 10.5. The van der Waals surface area contributed by atoms with E-state index in [1.807, 2.05) is 26.0 Å². The molecule has 3 aromatic rings. The molecule has 2 N–H and O–H groups in total. The molecule has 1 heterocycles. The molecule has 0 aliphatic heterocycles. The van der Waals surface area contributed by atoms with E-state index in [1.165, 1.54) is 11.8 Å². The number of nitrogens with one attached hydrogen (secondary N) is 2. The number of fused-ring (bicyclic) bond motifs is 1. The van der Waals surface area contributed by atoms with Crippen LogP contribution in [0.25, 0.3) is 10.9 Å². The fraction of sp³-hybridized carbons (Fsp3) is 0.273. The van der Waals surface area contributed by atoms with Crippen molar-refractivity contribution in [2.75, 3.05) is 25.3 Å². The highest BCUT2D eigenvalue weighted by molar-refractivity contribution is 7.99. The van der Waals surface area contributed by atoms with Gasteiger partial charge in [0.05, 0.1) is 31.2 Å². The minimum absolute atomic E-state index is 0.00239. The van der Waals surface area contributed by atoms with Crippen molar-refractivity contribution in [1.82, 2.24) is 4.98 Å². The van der Waals surface area contributed by atoms with E-state index >= 15 is 0 Å². The molecule has 7 heteroatoms. The van der Waals surface area contributed by atoms with Crippen LogP contribution in [0.4, 0.5) is 5.69 Å². The van der Waals surface area contributed by atoms with Gasteiger partial charge in [-0.15, -0.1) is 11.8 Å². The van der Waals surface area contributed by atoms with Gasteiger partial charge in [0.25, 0.3) is 0 Å². The molecular weight excluding hydrogens is 388 g/mol. The summed E-state index contributed by atoms with van der Waals surface area (Å²) in [7, 11) is 3.11. The molecule has 1 aromatic heterocycles. The average molecular weight is 413 g/mol. The highest BCUT2D eigenvalue weighted by Crippen LogP contribution is 2.29. The van der Waals surface area contributed by atoms with Crippen LogP contribution >= 0.6 is 11.8 Å². The van der Waals surface area contributed by atoms with Crippen LogP contribution in [-0.2, 0) is 10.5 Å². The predicted molar refractivity (Wildman–Crippen MR) is 118 cm³/mol. The van der Waals surface area contributed by atoms with Crippen molar-refractivity contribution in [1.29, 1.82) is 0 Å². The fourth-order valence-electron chi connectivity index (χ4n) is 3.26. The number of carbonyl (C=O) groups is 1. The standard InChI is InChI=1S/C22H24N2O4S/c1-13-7-14(2)22-18(8-13)23-15(9-19(22)25)11-29-12-21(26)24-17-10-16(27-3)5-6-20(17)28-4/h5-10H,11-12H2,1-4H3,(H,23,25)(H,24,26). The minimum atomic E-state index is -0.156. The van der Waals surface area contributed by atoms with E-state index in [-0.39, 0.29) is 17.1 Å². The van der Waals surface area contributed by atoms with Crippen LogP contribution in [0.15, 0.2) is 41.2 Å². The van der Waals surface area contributed by atoms with Gasteiger partial charge in [-0.1, -0.05) is 6.07 Å². The first-order chi connectivity index (χ1) is 13.9. The van der Waals surface area contributed by atoms with E-state index in [0.29, 0.717) is 28.3 Å². The number of anilines is 1. The second-order valence-corrected chi connectivity index (χ2v) is 7.76. The maximum Gasteiger partial charge on any atom is 0.234 e. The number of benzene rings is 2. The summed E-state index contributed by atoms with van der Waals surface area (Å²) in [6.07, 6.45) is 0. The lowest BCUT2D eigenvalue weighted by molar-refractivity contribution is -0.113. The third-order valence-corrected chi connectivity index (χ3v) is 5.48. The van der Waals surface area contributed by atoms with Crippen molar-refractivity contribution in [2.45, 2.75) is 19.6 Å². The van der Waals surface area contributed by atoms with Crippen LogP contribution < -0.4 is 20.2 Å². The summed E-state index contributed by atoms with van der Waals surface area (Å²) in [5, 5.41) is 3.56. The Balaban J connectivity index is 1.66. The Morgan fingerprint density at radius 3 is 2.62 bits per heavy atom. The molecule has 2 aromatic carbocycles. The number of aryl methyl sites for hydroxylation is 2. The molecule has 0 aliphatic rings. The summed E-state index contributed by atoms with van der Waals surface area (Å²) in [6, 6.07) is 10.8. The average Bonchev–Trinajstić information content (AvgIpc) is 2.67. The Labute approximate surface area is 173 Å². The Bertz CT molecular complexity index is 1110. The van der Waals surface area contributed by atoms with Crippen molar-refractivity contribution in [3.8, 4) is 11.5 Å². The number of hydrogen-bond acceptors (Lipinski definition) is 5. The first-order valence-corrected chi connectivity index (χ1v) is 10.3. The lowest BCUT2D eigenvalue weighted by Gasteiger charge is -2.12. The van der Waals surface area contributed by atoms with Crippen molar-refractivity contribution < 1.29 is 14.3 Å². The third-order valence-electron chi connectivity index (χ3n) is 4.50. The first kappa shape index (κ1) is 20.8. The number of rotatable bonds is 7. The van der Waals surface area contributed by atoms with Gasteiger partial charge in [0.1, 0.15) is 11.5 Å². The maximum atomic E-state index is 12.5. The topological polar surface area (TPSA) is 80.4 Å². The molecule has 0 bridgehead atoms. The van der Waals surface area contributed by atoms with E-state index in [2.05, 4.69) is 10.3 Å². The van der Waals surface area contributed by atoms with Gasteiger partial charge < -0.3 is 19.8 Å². The van der Waals surface area contributed by atoms with Gasteiger partial charge in [0.2, 0.25) is 5.91 Å². The Kier molecular flexibility index (Phi) is 6.49. The number of methoxy groups -OCH3 is 2. The van der Waals surface area contributed by atoms with Gasteiger partial charge in [0, 0.05) is 29.0 Å². The molecule has 152 valence electrons. The zero-order valence-electron chi connectivity index (χ0n) is 16.9. The van der Waals surface area contributed by atoms with Crippen molar-refractivity contribution >= 4 is 34.3 Å². The molecule has 0 fully saturated rings. The Morgan fingerprint density at radius 1 is 1.10 bits per heavy atom. The lowest BCUT2D eigenvalue weighted by atomic mass is 10.1. The number of H-pyrrole nitrogens is 1. The van der Waals surface area contributed by atoms with Gasteiger partial charge in [-0.25, -0.2) is 0 Å². The van der Waals surface area contributed by atoms with Gasteiger partial charge in [-0.05, 0) is 43.2 Å². The van der Waals surface area contributed by atoms with Crippen LogP contribution in [0.3, 0.4) is 0 Å². The number of aromatic nitrogens is 1. The van der Waals surface area contributed by atoms with Crippen LogP contribution in [0.2, 0.25) is 0 Å². The third kappa shape index (κ3) is 4.92. The largest absolute Gasteiger partial charge is 0.497 e. The second-order valence-electron chi connectivity index (χ2n) is 6.77. The first-order valence-electron chi connectivity index (χ1n) is 9.14. The molecule has 3 rings (SSSR count). The van der Waals surface area contributed by atoms with E-state index < -0.39 is 0 Å². The number of amides is 1. The summed E-state index contributed by atoms with van der Waals surface area (Å²) in [4.78, 5) is 28.1. The highest BCUT2D eigenvalue weighted by atomic mass is 32.2. The molecule has 0 atom stereocenters. The predicted octanol–water partition coefficient (Wildman–Crippen LogP) is 4.03. The molecule has 0 radical (unpaired) electrons. The normalized spacial score (nSPS) is 10.8. The maximum absolute atomic E-state index is 12.5. The number of carbonyl (C=O) groups excluding carboxylic acids is 1. The van der Waals surface area contributed by atoms with Crippen molar-refractivity contribution in [2.24, 2.45) is 0 Å². The molecular formula is C22H24N2O4S. The van der Waals surface area contributed by atoms with Crippen LogP contribution in [0.5, 0.6) is 11.5 Å². The number of aromatic amines is 1. The monoisotopic (exact) mass is 412 g/mol. The highest BCUT2D eigenvalue weighted by Gasteiger charge is 2.11. The summed E-state index contributed by atoms with van der Waals surface area (Å²) in [6.45, 7) is 3.94. The Hall–Kier alpha value is -2.93. The van der Waals surface area contributed by atoms with Gasteiger partial charge in [-0.3, -0.25) is 9.59 Å². The molecule has 0 saturated carbocycles. The summed E-state index contributed by atoms with van der Waals surface area (Å²) in [5.41, 5.74) is 4.24. The quantitative estimate of drug-likeness (QED) is 0.612. The van der Waals surface area contributed by atoms with E-state index in [1.54, 1.807) is 38.5 Å². The van der Waals surface area contributed by atoms with Gasteiger partial charge in [0.15, 0.2) is 5.43 Å². The molecule has 1 amide bonds. The number of thioether (sulfide) groups is 1. The van der Waals surface area contributed by atoms with E-state index in [9.17, 15) is 9.59 Å². The van der Waals surface area contributed by atoms with Crippen LogP contribution in [-0.4, -0.2) is 30.9 Å². The zero-order valence-corrected chi connectivity index (χ0v) is 17.7. The number of hydrogen-bond donors (Lipinski definition) is 2. The minimum Gasteiger partial charge on any atom is -0.497 e. The van der Waals surface area contributed by atoms with Gasteiger partial charge >= 0.3 is 0 Å². The SMILES string of the molecule is COc1ccc(OC)c(NC(=O)CSCc2cc(=O)c3c(C)cc(C)cc3[nH]2)c1.